The Labute approximate surface area is 97.9 Å². The third-order valence-electron chi connectivity index (χ3n) is 3.20. The van der Waals surface area contributed by atoms with Gasteiger partial charge in [-0.25, -0.2) is 0 Å². The van der Waals surface area contributed by atoms with Gasteiger partial charge in [0.2, 0.25) is 5.91 Å². The second kappa shape index (κ2) is 5.17. The van der Waals surface area contributed by atoms with Gasteiger partial charge in [0.1, 0.15) is 6.10 Å². The van der Waals surface area contributed by atoms with E-state index in [0.717, 1.165) is 24.9 Å². The molecule has 0 spiro atoms. The molecule has 1 atom stereocenters. The van der Waals surface area contributed by atoms with E-state index in [1.807, 2.05) is 13.8 Å². The van der Waals surface area contributed by atoms with Crippen molar-refractivity contribution in [3.63, 3.8) is 0 Å². The molecule has 3 heteroatoms. The molecule has 0 aromatic heterocycles. The molecule has 2 saturated carbocycles. The molecule has 16 heavy (non-hydrogen) atoms. The van der Waals surface area contributed by atoms with Crippen LogP contribution < -0.4 is 5.32 Å². The third-order valence-corrected chi connectivity index (χ3v) is 3.20. The van der Waals surface area contributed by atoms with E-state index in [9.17, 15) is 4.79 Å². The van der Waals surface area contributed by atoms with Gasteiger partial charge in [0.05, 0.1) is 6.61 Å². The van der Waals surface area contributed by atoms with Gasteiger partial charge in [-0.15, -0.1) is 0 Å². The maximum absolute atomic E-state index is 11.9. The van der Waals surface area contributed by atoms with Crippen LogP contribution in [0.5, 0.6) is 0 Å². The van der Waals surface area contributed by atoms with Gasteiger partial charge in [0, 0.05) is 6.04 Å². The Morgan fingerprint density at radius 3 is 2.38 bits per heavy atom. The number of amides is 1. The molecule has 1 unspecified atom stereocenters. The number of carbonyl (C=O) groups excluding carboxylic acids is 1. The zero-order valence-corrected chi connectivity index (χ0v) is 10.4. The van der Waals surface area contributed by atoms with Crippen LogP contribution in [0, 0.1) is 11.8 Å². The summed E-state index contributed by atoms with van der Waals surface area (Å²) >= 11 is 0. The minimum Gasteiger partial charge on any atom is -0.368 e. The van der Waals surface area contributed by atoms with E-state index in [4.69, 9.17) is 4.74 Å². The highest BCUT2D eigenvalue weighted by molar-refractivity contribution is 5.81. The van der Waals surface area contributed by atoms with Gasteiger partial charge in [0.15, 0.2) is 0 Å². The monoisotopic (exact) mass is 225 g/mol. The van der Waals surface area contributed by atoms with Crippen molar-refractivity contribution < 1.29 is 9.53 Å². The third kappa shape index (κ3) is 4.12. The lowest BCUT2D eigenvalue weighted by Crippen LogP contribution is -2.40. The van der Waals surface area contributed by atoms with Crippen molar-refractivity contribution in [1.29, 1.82) is 0 Å². The molecule has 0 aromatic carbocycles. The number of ether oxygens (including phenoxy) is 1. The van der Waals surface area contributed by atoms with E-state index in [1.54, 1.807) is 0 Å². The average molecular weight is 225 g/mol. The first-order valence-corrected chi connectivity index (χ1v) is 6.57. The summed E-state index contributed by atoms with van der Waals surface area (Å²) in [4.78, 5) is 11.9. The average Bonchev–Trinajstić information content (AvgIpc) is 3.05. The van der Waals surface area contributed by atoms with E-state index in [-0.39, 0.29) is 18.1 Å². The summed E-state index contributed by atoms with van der Waals surface area (Å²) in [5.41, 5.74) is 0. The predicted octanol–water partition coefficient (Wildman–Crippen LogP) is 2.11. The molecule has 0 saturated heterocycles. The second-order valence-electron chi connectivity index (χ2n) is 5.61. The molecule has 0 bridgehead atoms. The Hall–Kier alpha value is -0.570. The normalized spacial score (nSPS) is 22.2. The highest BCUT2D eigenvalue weighted by atomic mass is 16.5. The zero-order valence-electron chi connectivity index (χ0n) is 10.4. The van der Waals surface area contributed by atoms with Gasteiger partial charge in [0.25, 0.3) is 0 Å². The predicted molar refractivity (Wildman–Crippen MR) is 63.1 cm³/mol. The molecule has 1 amide bonds. The first kappa shape index (κ1) is 11.9. The lowest BCUT2D eigenvalue weighted by atomic mass is 10.1. The lowest BCUT2D eigenvalue weighted by Gasteiger charge is -2.19. The quantitative estimate of drug-likeness (QED) is 0.720. The van der Waals surface area contributed by atoms with Gasteiger partial charge >= 0.3 is 0 Å². The van der Waals surface area contributed by atoms with Gasteiger partial charge in [-0.05, 0) is 44.9 Å². The fourth-order valence-corrected chi connectivity index (χ4v) is 1.82. The summed E-state index contributed by atoms with van der Waals surface area (Å²) < 4.78 is 5.77. The van der Waals surface area contributed by atoms with Crippen LogP contribution in [-0.2, 0) is 9.53 Å². The summed E-state index contributed by atoms with van der Waals surface area (Å²) in [5, 5.41) is 2.96. The van der Waals surface area contributed by atoms with Crippen LogP contribution in [0.1, 0.15) is 46.0 Å². The molecule has 0 heterocycles. The highest BCUT2D eigenvalue weighted by Gasteiger charge is 2.32. The molecule has 0 aromatic rings. The number of hydrogen-bond acceptors (Lipinski definition) is 2. The molecule has 2 aliphatic carbocycles. The summed E-state index contributed by atoms with van der Waals surface area (Å²) in [6.45, 7) is 4.77. The molecule has 3 nitrogen and oxygen atoms in total. The molecular weight excluding hydrogens is 202 g/mol. The van der Waals surface area contributed by atoms with Crippen molar-refractivity contribution in [3.8, 4) is 0 Å². The molecule has 1 N–H and O–H groups in total. The topological polar surface area (TPSA) is 38.3 Å². The van der Waals surface area contributed by atoms with Crippen LogP contribution in [0.15, 0.2) is 0 Å². The number of carbonyl (C=O) groups is 1. The van der Waals surface area contributed by atoms with Crippen LogP contribution in [0.3, 0.4) is 0 Å². The smallest absolute Gasteiger partial charge is 0.249 e. The Balaban J connectivity index is 1.76. The molecule has 2 aliphatic rings. The summed E-state index contributed by atoms with van der Waals surface area (Å²) in [6, 6.07) is 0.207. The maximum Gasteiger partial charge on any atom is 0.249 e. The van der Waals surface area contributed by atoms with Crippen molar-refractivity contribution >= 4 is 5.91 Å². The van der Waals surface area contributed by atoms with E-state index < -0.39 is 0 Å². The van der Waals surface area contributed by atoms with Gasteiger partial charge in [-0.1, -0.05) is 12.8 Å². The minimum atomic E-state index is -0.199. The van der Waals surface area contributed by atoms with E-state index in [1.165, 1.54) is 25.7 Å². The second-order valence-corrected chi connectivity index (χ2v) is 5.61. The molecule has 92 valence electrons. The number of rotatable bonds is 7. The first-order valence-electron chi connectivity index (χ1n) is 6.57. The fraction of sp³-hybridized carbons (Fsp3) is 0.923. The Kier molecular flexibility index (Phi) is 3.85. The summed E-state index contributed by atoms with van der Waals surface area (Å²) in [6.07, 6.45) is 5.83. The van der Waals surface area contributed by atoms with Gasteiger partial charge in [-0.2, -0.15) is 0 Å². The van der Waals surface area contributed by atoms with Crippen molar-refractivity contribution in [1.82, 2.24) is 5.32 Å². The van der Waals surface area contributed by atoms with E-state index >= 15 is 0 Å². The Morgan fingerprint density at radius 1 is 1.25 bits per heavy atom. The van der Waals surface area contributed by atoms with Gasteiger partial charge < -0.3 is 10.1 Å². The van der Waals surface area contributed by atoms with E-state index in [0.29, 0.717) is 0 Å². The Morgan fingerprint density at radius 2 is 1.88 bits per heavy atom. The van der Waals surface area contributed by atoms with Crippen molar-refractivity contribution in [3.05, 3.63) is 0 Å². The van der Waals surface area contributed by atoms with E-state index in [2.05, 4.69) is 5.32 Å². The number of hydrogen-bond donors (Lipinski definition) is 1. The Bertz CT molecular complexity index is 244. The highest BCUT2D eigenvalue weighted by Crippen LogP contribution is 2.35. The van der Waals surface area contributed by atoms with Crippen molar-refractivity contribution in [2.45, 2.75) is 58.1 Å². The zero-order chi connectivity index (χ0) is 11.5. The molecule has 2 rings (SSSR count). The largest absolute Gasteiger partial charge is 0.368 e. The molecular formula is C13H23NO2. The van der Waals surface area contributed by atoms with Crippen LogP contribution >= 0.6 is 0 Å². The van der Waals surface area contributed by atoms with Gasteiger partial charge in [-0.3, -0.25) is 4.79 Å². The fourth-order valence-electron chi connectivity index (χ4n) is 1.82. The van der Waals surface area contributed by atoms with Crippen LogP contribution in [0.4, 0.5) is 0 Å². The molecule has 0 aliphatic heterocycles. The first-order chi connectivity index (χ1) is 7.65. The molecule has 0 radical (unpaired) electrons. The summed E-state index contributed by atoms with van der Waals surface area (Å²) in [5.74, 6) is 1.55. The lowest BCUT2D eigenvalue weighted by molar-refractivity contribution is -0.134. The van der Waals surface area contributed by atoms with Crippen LogP contribution in [0.25, 0.3) is 0 Å². The standard InChI is InChI=1S/C13H23NO2/c1-9(2)14-13(15)12(7-10-3-4-10)16-8-11-5-6-11/h9-12H,3-8H2,1-2H3,(H,14,15). The van der Waals surface area contributed by atoms with Crippen molar-refractivity contribution in [2.75, 3.05) is 6.61 Å². The van der Waals surface area contributed by atoms with Crippen LogP contribution in [-0.4, -0.2) is 24.7 Å². The summed E-state index contributed by atoms with van der Waals surface area (Å²) in [7, 11) is 0. The van der Waals surface area contributed by atoms with Crippen LogP contribution in [0.2, 0.25) is 0 Å². The number of nitrogens with one attached hydrogen (secondary N) is 1. The molecule has 2 fully saturated rings. The maximum atomic E-state index is 11.9. The SMILES string of the molecule is CC(C)NC(=O)C(CC1CC1)OCC1CC1. The minimum absolute atomic E-state index is 0.0857. The van der Waals surface area contributed by atoms with Crippen molar-refractivity contribution in [2.24, 2.45) is 11.8 Å².